The maximum atomic E-state index is 14.5. The minimum absolute atomic E-state index is 0.0602. The van der Waals surface area contributed by atoms with E-state index in [2.05, 4.69) is 27.2 Å². The fourth-order valence-corrected chi connectivity index (χ4v) is 6.49. The van der Waals surface area contributed by atoms with E-state index in [1.165, 1.54) is 61.4 Å². The van der Waals surface area contributed by atoms with Gasteiger partial charge in [0.25, 0.3) is 17.4 Å². The average Bonchev–Trinajstić information content (AvgIpc) is 3.70. The van der Waals surface area contributed by atoms with E-state index in [0.717, 1.165) is 29.7 Å². The molecule has 0 radical (unpaired) electrons. The molecule has 4 aromatic rings. The standard InChI is InChI=1S/C38H49N7O6/c1-4-6-7-8-9-10-11-12-13-19-24-43-33(42-32-30(35(43)47)39-26-40-32)31(34(46)41-28-22-17-18-23-29(28)50-3)45-36(48)37(51-5-2)44(38(45)49)25-27-20-15-14-16-21-27/h14-18,20-23,26,31,37H,4-13,19,24-25H2,1-3H3,(H,39,40)(H,41,46). The lowest BCUT2D eigenvalue weighted by Gasteiger charge is -2.27. The highest BCUT2D eigenvalue weighted by Gasteiger charge is 2.52. The van der Waals surface area contributed by atoms with Crippen LogP contribution >= 0.6 is 0 Å². The number of unbranched alkanes of at least 4 members (excludes halogenated alkanes) is 9. The molecule has 0 aliphatic carbocycles. The monoisotopic (exact) mass is 699 g/mol. The van der Waals surface area contributed by atoms with Crippen LogP contribution in [-0.2, 0) is 27.4 Å². The number of methoxy groups -OCH3 is 1. The normalized spacial score (nSPS) is 15.2. The number of H-pyrrole nitrogens is 1. The molecule has 13 heteroatoms. The lowest BCUT2D eigenvalue weighted by atomic mass is 10.1. The summed E-state index contributed by atoms with van der Waals surface area (Å²) in [6, 6.07) is 13.6. The molecular formula is C38H49N7O6. The topological polar surface area (TPSA) is 152 Å². The summed E-state index contributed by atoms with van der Waals surface area (Å²) < 4.78 is 12.7. The summed E-state index contributed by atoms with van der Waals surface area (Å²) in [5.74, 6) is -1.18. The van der Waals surface area contributed by atoms with Gasteiger partial charge in [-0.2, -0.15) is 0 Å². The lowest BCUT2D eigenvalue weighted by Crippen LogP contribution is -2.45. The van der Waals surface area contributed by atoms with Crippen LogP contribution in [0, 0.1) is 0 Å². The third-order valence-corrected chi connectivity index (χ3v) is 9.13. The van der Waals surface area contributed by atoms with Gasteiger partial charge in [0.2, 0.25) is 6.23 Å². The summed E-state index contributed by atoms with van der Waals surface area (Å²) in [5.41, 5.74) is 0.896. The number of para-hydroxylation sites is 2. The van der Waals surface area contributed by atoms with Crippen molar-refractivity contribution in [1.29, 1.82) is 0 Å². The van der Waals surface area contributed by atoms with Gasteiger partial charge in [-0.05, 0) is 31.0 Å². The minimum Gasteiger partial charge on any atom is -0.495 e. The van der Waals surface area contributed by atoms with Crippen molar-refractivity contribution in [2.24, 2.45) is 0 Å². The molecule has 2 aromatic heterocycles. The summed E-state index contributed by atoms with van der Waals surface area (Å²) >= 11 is 0. The summed E-state index contributed by atoms with van der Waals surface area (Å²) in [6.45, 7) is 4.37. The molecule has 2 atom stereocenters. The van der Waals surface area contributed by atoms with Gasteiger partial charge in [-0.1, -0.05) is 107 Å². The van der Waals surface area contributed by atoms with Gasteiger partial charge in [0.15, 0.2) is 17.2 Å². The Kier molecular flexibility index (Phi) is 13.3. The first-order valence-electron chi connectivity index (χ1n) is 18.1. The van der Waals surface area contributed by atoms with Crippen LogP contribution in [0.2, 0.25) is 0 Å². The van der Waals surface area contributed by atoms with Crippen molar-refractivity contribution in [3.8, 4) is 5.75 Å². The molecule has 0 saturated carbocycles. The van der Waals surface area contributed by atoms with Crippen molar-refractivity contribution in [2.45, 2.75) is 103 Å². The molecule has 272 valence electrons. The summed E-state index contributed by atoms with van der Waals surface area (Å²) in [6.07, 6.45) is 11.1. The summed E-state index contributed by atoms with van der Waals surface area (Å²) in [7, 11) is 1.47. The number of urea groups is 1. The summed E-state index contributed by atoms with van der Waals surface area (Å²) in [4.78, 5) is 71.1. The Morgan fingerprint density at radius 2 is 1.57 bits per heavy atom. The molecule has 2 unspecified atom stereocenters. The molecule has 3 heterocycles. The number of fused-ring (bicyclic) bond motifs is 1. The predicted molar refractivity (Wildman–Crippen MR) is 194 cm³/mol. The Hall–Kier alpha value is -5.04. The Labute approximate surface area is 298 Å². The van der Waals surface area contributed by atoms with Crippen LogP contribution in [0.15, 0.2) is 65.7 Å². The van der Waals surface area contributed by atoms with E-state index in [-0.39, 0.29) is 36.7 Å². The van der Waals surface area contributed by atoms with Crippen molar-refractivity contribution >= 4 is 34.7 Å². The molecule has 0 bridgehead atoms. The molecule has 2 N–H and O–H groups in total. The fraction of sp³-hybridized carbons (Fsp3) is 0.474. The van der Waals surface area contributed by atoms with Crippen molar-refractivity contribution in [3.63, 3.8) is 0 Å². The molecule has 1 aliphatic heterocycles. The number of carbonyl (C=O) groups is 3. The number of rotatable bonds is 20. The molecule has 0 spiro atoms. The maximum Gasteiger partial charge on any atom is 0.330 e. The van der Waals surface area contributed by atoms with Crippen molar-refractivity contribution in [2.75, 3.05) is 19.0 Å². The Morgan fingerprint density at radius 1 is 0.902 bits per heavy atom. The van der Waals surface area contributed by atoms with E-state index in [9.17, 15) is 19.2 Å². The number of amides is 4. The number of nitrogens with one attached hydrogen (secondary N) is 2. The first-order valence-corrected chi connectivity index (χ1v) is 18.1. The van der Waals surface area contributed by atoms with Gasteiger partial charge in [0.05, 0.1) is 25.7 Å². The van der Waals surface area contributed by atoms with Crippen molar-refractivity contribution in [1.82, 2.24) is 29.3 Å². The van der Waals surface area contributed by atoms with Gasteiger partial charge in [-0.25, -0.2) is 19.7 Å². The van der Waals surface area contributed by atoms with Gasteiger partial charge in [0, 0.05) is 13.2 Å². The van der Waals surface area contributed by atoms with Crippen LogP contribution in [0.5, 0.6) is 5.75 Å². The SMILES string of the molecule is CCCCCCCCCCCCn1c(C(C(=O)Nc2ccccc2OC)N2C(=O)C(OCC)N(Cc3ccccc3)C2=O)nc2nc[nH]c2c1=O. The minimum atomic E-state index is -1.64. The number of benzene rings is 2. The number of imide groups is 1. The number of anilines is 1. The van der Waals surface area contributed by atoms with Gasteiger partial charge < -0.3 is 19.8 Å². The molecule has 2 aromatic carbocycles. The van der Waals surface area contributed by atoms with Crippen LogP contribution in [0.25, 0.3) is 11.2 Å². The molecule has 1 saturated heterocycles. The average molecular weight is 700 g/mol. The predicted octanol–water partition coefficient (Wildman–Crippen LogP) is 6.56. The largest absolute Gasteiger partial charge is 0.495 e. The zero-order valence-electron chi connectivity index (χ0n) is 29.8. The van der Waals surface area contributed by atoms with E-state index >= 15 is 0 Å². The summed E-state index contributed by atoms with van der Waals surface area (Å²) in [5, 5.41) is 2.83. The van der Waals surface area contributed by atoms with E-state index in [1.807, 2.05) is 30.3 Å². The number of aromatic nitrogens is 4. The van der Waals surface area contributed by atoms with Crippen LogP contribution in [0.3, 0.4) is 0 Å². The number of ether oxygens (including phenoxy) is 2. The number of imidazole rings is 1. The van der Waals surface area contributed by atoms with Crippen molar-refractivity contribution in [3.05, 3.63) is 82.7 Å². The third kappa shape index (κ3) is 8.83. The van der Waals surface area contributed by atoms with E-state index < -0.39 is 35.7 Å². The molecular weight excluding hydrogens is 650 g/mol. The maximum absolute atomic E-state index is 14.5. The third-order valence-electron chi connectivity index (χ3n) is 9.13. The second-order valence-corrected chi connectivity index (χ2v) is 12.7. The van der Waals surface area contributed by atoms with E-state index in [1.54, 1.807) is 31.2 Å². The van der Waals surface area contributed by atoms with Gasteiger partial charge in [-0.3, -0.25) is 23.9 Å². The highest BCUT2D eigenvalue weighted by molar-refractivity contribution is 6.09. The van der Waals surface area contributed by atoms with E-state index in [0.29, 0.717) is 17.9 Å². The zero-order chi connectivity index (χ0) is 36.2. The Balaban J connectivity index is 1.50. The number of hydrogen-bond acceptors (Lipinski definition) is 8. The lowest BCUT2D eigenvalue weighted by molar-refractivity contribution is -0.145. The quantitative estimate of drug-likeness (QED) is 0.0778. The molecule has 4 amide bonds. The fourth-order valence-electron chi connectivity index (χ4n) is 6.49. The van der Waals surface area contributed by atoms with Gasteiger partial charge in [0.1, 0.15) is 11.6 Å². The second-order valence-electron chi connectivity index (χ2n) is 12.7. The number of carbonyl (C=O) groups excluding carboxylic acids is 3. The Bertz CT molecular complexity index is 1820. The smallest absolute Gasteiger partial charge is 0.330 e. The zero-order valence-corrected chi connectivity index (χ0v) is 29.8. The number of aromatic amines is 1. The van der Waals surface area contributed by atoms with Crippen LogP contribution in [0.1, 0.15) is 95.5 Å². The van der Waals surface area contributed by atoms with Crippen molar-refractivity contribution < 1.29 is 23.9 Å². The first kappa shape index (κ1) is 37.2. The molecule has 51 heavy (non-hydrogen) atoms. The Morgan fingerprint density at radius 3 is 2.25 bits per heavy atom. The van der Waals surface area contributed by atoms with E-state index in [4.69, 9.17) is 9.47 Å². The molecule has 1 fully saturated rings. The van der Waals surface area contributed by atoms with Gasteiger partial charge in [-0.15, -0.1) is 0 Å². The highest BCUT2D eigenvalue weighted by atomic mass is 16.5. The van der Waals surface area contributed by atoms with Gasteiger partial charge >= 0.3 is 6.03 Å². The van der Waals surface area contributed by atoms with Crippen LogP contribution in [-0.4, -0.2) is 67.1 Å². The first-order chi connectivity index (χ1) is 24.9. The molecule has 13 nitrogen and oxygen atoms in total. The van der Waals surface area contributed by atoms with Crippen LogP contribution in [0.4, 0.5) is 10.5 Å². The molecule has 5 rings (SSSR count). The second kappa shape index (κ2) is 18.3. The highest BCUT2D eigenvalue weighted by Crippen LogP contribution is 2.33. The molecule has 1 aliphatic rings. The number of hydrogen-bond donors (Lipinski definition) is 2. The van der Waals surface area contributed by atoms with Crippen LogP contribution < -0.4 is 15.6 Å². The number of nitrogens with zero attached hydrogens (tertiary/aromatic N) is 5.